The van der Waals surface area contributed by atoms with E-state index in [1.54, 1.807) is 0 Å². The number of aliphatic carboxylic acids is 1. The number of carboxylic acid groups (broad SMARTS) is 1. The van der Waals surface area contributed by atoms with Crippen LogP contribution in [-0.4, -0.2) is 63.7 Å². The van der Waals surface area contributed by atoms with Crippen molar-refractivity contribution >= 4 is 5.97 Å². The quantitative estimate of drug-likeness (QED) is 0.892. The van der Waals surface area contributed by atoms with Crippen LogP contribution in [0.1, 0.15) is 62.6 Å². The van der Waals surface area contributed by atoms with E-state index < -0.39 is 5.97 Å². The normalized spacial score (nSPS) is 28.1. The molecule has 4 rings (SSSR count). The Hall–Kier alpha value is -1.47. The van der Waals surface area contributed by atoms with Crippen LogP contribution in [0, 0.1) is 5.41 Å². The fraction of sp³-hybridized carbons (Fsp3) is 0.833. The van der Waals surface area contributed by atoms with E-state index in [0.717, 1.165) is 57.2 Å². The van der Waals surface area contributed by atoms with E-state index >= 15 is 0 Å². The number of aromatic nitrogens is 2. The van der Waals surface area contributed by atoms with Gasteiger partial charge in [-0.3, -0.25) is 14.6 Å². The summed E-state index contributed by atoms with van der Waals surface area (Å²) in [6.07, 6.45) is 7.76. The standard InChI is InChI=1S/C18H28N4O3/c1-21-12-18(10-14(21)17(23)24)6-8-22(9-7-18)11-15-19-16(25-20-15)13-4-2-3-5-13/h13-14H,2-12H2,1H3,(H,23,24)/t14-/m0/s1. The zero-order valence-corrected chi connectivity index (χ0v) is 15.0. The Morgan fingerprint density at radius 1 is 1.32 bits per heavy atom. The Balaban J connectivity index is 1.31. The number of hydrogen-bond acceptors (Lipinski definition) is 6. The molecule has 0 bridgehead atoms. The molecule has 7 nitrogen and oxygen atoms in total. The van der Waals surface area contributed by atoms with Crippen molar-refractivity contribution in [3.63, 3.8) is 0 Å². The highest BCUT2D eigenvalue weighted by Gasteiger charge is 2.46. The zero-order valence-electron chi connectivity index (χ0n) is 15.0. The van der Waals surface area contributed by atoms with Gasteiger partial charge in [-0.1, -0.05) is 18.0 Å². The van der Waals surface area contributed by atoms with Crippen LogP contribution in [0.3, 0.4) is 0 Å². The van der Waals surface area contributed by atoms with Crippen molar-refractivity contribution in [2.75, 3.05) is 26.7 Å². The number of carboxylic acids is 1. The molecule has 2 aliphatic heterocycles. The molecule has 138 valence electrons. The number of hydrogen-bond donors (Lipinski definition) is 1. The Labute approximate surface area is 148 Å². The second-order valence-electron chi connectivity index (χ2n) is 8.28. The van der Waals surface area contributed by atoms with Crippen molar-refractivity contribution in [3.8, 4) is 0 Å². The Bertz CT molecular complexity index is 618. The first-order chi connectivity index (χ1) is 12.0. The van der Waals surface area contributed by atoms with E-state index in [-0.39, 0.29) is 11.5 Å². The monoisotopic (exact) mass is 348 g/mol. The molecule has 3 heterocycles. The van der Waals surface area contributed by atoms with Crippen molar-refractivity contribution in [1.29, 1.82) is 0 Å². The predicted molar refractivity (Wildman–Crippen MR) is 91.1 cm³/mol. The van der Waals surface area contributed by atoms with Gasteiger partial charge in [-0.25, -0.2) is 0 Å². The lowest BCUT2D eigenvalue weighted by Gasteiger charge is -2.38. The summed E-state index contributed by atoms with van der Waals surface area (Å²) < 4.78 is 5.48. The van der Waals surface area contributed by atoms with Gasteiger partial charge < -0.3 is 9.63 Å². The lowest BCUT2D eigenvalue weighted by Crippen LogP contribution is -2.41. The highest BCUT2D eigenvalue weighted by atomic mass is 16.5. The van der Waals surface area contributed by atoms with Gasteiger partial charge in [-0.15, -0.1) is 0 Å². The summed E-state index contributed by atoms with van der Waals surface area (Å²) in [6, 6.07) is -0.322. The van der Waals surface area contributed by atoms with E-state index in [0.29, 0.717) is 5.92 Å². The summed E-state index contributed by atoms with van der Waals surface area (Å²) in [5, 5.41) is 13.5. The van der Waals surface area contributed by atoms with Gasteiger partial charge in [-0.2, -0.15) is 4.98 Å². The van der Waals surface area contributed by atoms with Crippen LogP contribution in [0.5, 0.6) is 0 Å². The molecule has 1 aromatic heterocycles. The molecule has 0 aromatic carbocycles. The van der Waals surface area contributed by atoms with Gasteiger partial charge in [0.05, 0.1) is 6.54 Å². The van der Waals surface area contributed by atoms with Crippen LogP contribution >= 0.6 is 0 Å². The molecule has 3 fully saturated rings. The van der Waals surface area contributed by atoms with Crippen molar-refractivity contribution in [3.05, 3.63) is 11.7 Å². The average molecular weight is 348 g/mol. The number of carbonyl (C=O) groups is 1. The number of piperidine rings is 1. The lowest BCUT2D eigenvalue weighted by atomic mass is 9.76. The van der Waals surface area contributed by atoms with Crippen LogP contribution < -0.4 is 0 Å². The number of likely N-dealkylation sites (tertiary alicyclic amines) is 2. The topological polar surface area (TPSA) is 82.7 Å². The predicted octanol–water partition coefficient (Wildman–Crippen LogP) is 2.10. The summed E-state index contributed by atoms with van der Waals surface area (Å²) >= 11 is 0. The highest BCUT2D eigenvalue weighted by molar-refractivity contribution is 5.74. The maximum atomic E-state index is 11.4. The fourth-order valence-corrected chi connectivity index (χ4v) is 4.96. The Kier molecular flexibility index (Phi) is 4.54. The molecule has 1 saturated carbocycles. The highest BCUT2D eigenvalue weighted by Crippen LogP contribution is 2.43. The van der Waals surface area contributed by atoms with E-state index in [2.05, 4.69) is 15.0 Å². The van der Waals surface area contributed by atoms with E-state index in [1.165, 1.54) is 25.7 Å². The van der Waals surface area contributed by atoms with Crippen molar-refractivity contribution in [1.82, 2.24) is 19.9 Å². The SMILES string of the molecule is CN1CC2(CCN(Cc3noc(C4CCCC4)n3)CC2)C[C@H]1C(=O)O. The maximum Gasteiger partial charge on any atom is 0.320 e. The molecule has 7 heteroatoms. The molecule has 1 aliphatic carbocycles. The molecule has 1 aromatic rings. The van der Waals surface area contributed by atoms with Gasteiger partial charge >= 0.3 is 5.97 Å². The third-order valence-electron chi connectivity index (χ3n) is 6.50. The maximum absolute atomic E-state index is 11.4. The van der Waals surface area contributed by atoms with Crippen LogP contribution in [0.2, 0.25) is 0 Å². The first-order valence-electron chi connectivity index (χ1n) is 9.53. The van der Waals surface area contributed by atoms with Gasteiger partial charge in [-0.05, 0) is 57.7 Å². The van der Waals surface area contributed by atoms with Crippen molar-refractivity contribution in [2.24, 2.45) is 5.41 Å². The van der Waals surface area contributed by atoms with E-state index in [4.69, 9.17) is 4.52 Å². The average Bonchev–Trinajstić information content (AvgIpc) is 3.30. The number of likely N-dealkylation sites (N-methyl/N-ethyl adjacent to an activating group) is 1. The smallest absolute Gasteiger partial charge is 0.320 e. The first-order valence-corrected chi connectivity index (χ1v) is 9.53. The first kappa shape index (κ1) is 17.0. The van der Waals surface area contributed by atoms with Gasteiger partial charge in [0.2, 0.25) is 5.89 Å². The third kappa shape index (κ3) is 3.44. The molecule has 2 saturated heterocycles. The molecule has 0 radical (unpaired) electrons. The van der Waals surface area contributed by atoms with Gasteiger partial charge in [0.15, 0.2) is 5.82 Å². The summed E-state index contributed by atoms with van der Waals surface area (Å²) in [4.78, 5) is 20.4. The molecule has 3 aliphatic rings. The molecular weight excluding hydrogens is 320 g/mol. The second kappa shape index (κ2) is 6.68. The molecule has 1 N–H and O–H groups in total. The molecule has 1 atom stereocenters. The van der Waals surface area contributed by atoms with Gasteiger partial charge in [0.1, 0.15) is 6.04 Å². The summed E-state index contributed by atoms with van der Waals surface area (Å²) in [5.74, 6) is 1.40. The largest absolute Gasteiger partial charge is 0.480 e. The van der Waals surface area contributed by atoms with Gasteiger partial charge in [0, 0.05) is 12.5 Å². The van der Waals surface area contributed by atoms with Crippen LogP contribution in [0.25, 0.3) is 0 Å². The summed E-state index contributed by atoms with van der Waals surface area (Å²) in [5.41, 5.74) is 0.167. The van der Waals surface area contributed by atoms with E-state index in [1.807, 2.05) is 11.9 Å². The fourth-order valence-electron chi connectivity index (χ4n) is 4.96. The molecule has 0 amide bonds. The van der Waals surface area contributed by atoms with E-state index in [9.17, 15) is 9.90 Å². The third-order valence-corrected chi connectivity index (χ3v) is 6.50. The molecule has 25 heavy (non-hydrogen) atoms. The minimum Gasteiger partial charge on any atom is -0.480 e. The van der Waals surface area contributed by atoms with Crippen LogP contribution in [-0.2, 0) is 11.3 Å². The van der Waals surface area contributed by atoms with Crippen molar-refractivity contribution < 1.29 is 14.4 Å². The zero-order chi connectivity index (χ0) is 17.4. The lowest BCUT2D eigenvalue weighted by molar-refractivity contribution is -0.141. The molecule has 1 spiro atoms. The number of nitrogens with zero attached hydrogens (tertiary/aromatic N) is 4. The number of rotatable bonds is 4. The minimum atomic E-state index is -0.687. The Morgan fingerprint density at radius 2 is 2.04 bits per heavy atom. The second-order valence-corrected chi connectivity index (χ2v) is 8.28. The Morgan fingerprint density at radius 3 is 2.68 bits per heavy atom. The minimum absolute atomic E-state index is 0.167. The van der Waals surface area contributed by atoms with Crippen LogP contribution in [0.4, 0.5) is 0 Å². The summed E-state index contributed by atoms with van der Waals surface area (Å²) in [7, 11) is 1.93. The van der Waals surface area contributed by atoms with Crippen LogP contribution in [0.15, 0.2) is 4.52 Å². The summed E-state index contributed by atoms with van der Waals surface area (Å²) in [6.45, 7) is 3.59. The van der Waals surface area contributed by atoms with Gasteiger partial charge in [0.25, 0.3) is 0 Å². The van der Waals surface area contributed by atoms with Crippen molar-refractivity contribution in [2.45, 2.75) is 63.5 Å². The molecular formula is C18H28N4O3. The molecule has 0 unspecified atom stereocenters.